The van der Waals surface area contributed by atoms with E-state index >= 15 is 0 Å². The molecule has 1 amide bonds. The Balaban J connectivity index is 1.77. The van der Waals surface area contributed by atoms with E-state index in [0.717, 1.165) is 19.0 Å². The fourth-order valence-corrected chi connectivity index (χ4v) is 3.21. The Morgan fingerprint density at radius 3 is 2.68 bits per heavy atom. The lowest BCUT2D eigenvalue weighted by atomic mass is 9.87. The zero-order valence-corrected chi connectivity index (χ0v) is 12.8. The van der Waals surface area contributed by atoms with Crippen LogP contribution >= 0.6 is 0 Å². The molecule has 2 aliphatic heterocycles. The fourth-order valence-electron chi connectivity index (χ4n) is 3.21. The van der Waals surface area contributed by atoms with E-state index in [-0.39, 0.29) is 11.3 Å². The van der Waals surface area contributed by atoms with Crippen LogP contribution in [-0.4, -0.2) is 62.1 Å². The molecule has 2 saturated heterocycles. The molecule has 2 fully saturated rings. The first kappa shape index (κ1) is 14.8. The molecule has 0 aromatic heterocycles. The van der Waals surface area contributed by atoms with Crippen LogP contribution in [0.3, 0.4) is 0 Å². The number of likely N-dealkylation sites (tertiary alicyclic amines) is 1. The topological polar surface area (TPSA) is 32.8 Å². The van der Waals surface area contributed by atoms with Crippen molar-refractivity contribution in [1.82, 2.24) is 9.80 Å². The van der Waals surface area contributed by atoms with Crippen molar-refractivity contribution < 1.29 is 9.53 Å². The fraction of sp³-hybridized carbons (Fsp3) is 0.933. The minimum absolute atomic E-state index is 0.251. The van der Waals surface area contributed by atoms with Gasteiger partial charge in [0.2, 0.25) is 5.91 Å². The number of amides is 1. The van der Waals surface area contributed by atoms with Crippen molar-refractivity contribution in [3.63, 3.8) is 0 Å². The maximum Gasteiger partial charge on any atom is 0.232 e. The Morgan fingerprint density at radius 2 is 2.16 bits per heavy atom. The van der Waals surface area contributed by atoms with Crippen LogP contribution in [0.15, 0.2) is 0 Å². The summed E-state index contributed by atoms with van der Waals surface area (Å²) in [5.41, 5.74) is -0.259. The van der Waals surface area contributed by atoms with Gasteiger partial charge >= 0.3 is 0 Å². The van der Waals surface area contributed by atoms with E-state index in [1.165, 1.54) is 19.5 Å². The number of ether oxygens (including phenoxy) is 1. The van der Waals surface area contributed by atoms with Gasteiger partial charge in [-0.2, -0.15) is 0 Å². The number of rotatable bonds is 5. The molecule has 110 valence electrons. The highest BCUT2D eigenvalue weighted by Crippen LogP contribution is 2.29. The molecule has 0 aromatic carbocycles. The summed E-state index contributed by atoms with van der Waals surface area (Å²) >= 11 is 0. The summed E-state index contributed by atoms with van der Waals surface area (Å²) < 4.78 is 5.18. The van der Waals surface area contributed by atoms with Crippen molar-refractivity contribution in [2.24, 2.45) is 17.3 Å². The molecular weight excluding hydrogens is 240 g/mol. The average molecular weight is 268 g/mol. The summed E-state index contributed by atoms with van der Waals surface area (Å²) in [4.78, 5) is 16.8. The van der Waals surface area contributed by atoms with Crippen molar-refractivity contribution in [3.05, 3.63) is 0 Å². The number of hydrogen-bond acceptors (Lipinski definition) is 3. The lowest BCUT2D eigenvalue weighted by Gasteiger charge is -2.39. The van der Waals surface area contributed by atoms with Crippen LogP contribution < -0.4 is 0 Å². The first-order valence-electron chi connectivity index (χ1n) is 7.46. The van der Waals surface area contributed by atoms with Crippen LogP contribution in [0, 0.1) is 17.3 Å². The van der Waals surface area contributed by atoms with E-state index in [2.05, 4.69) is 18.7 Å². The maximum atomic E-state index is 12.3. The molecule has 4 nitrogen and oxygen atoms in total. The average Bonchev–Trinajstić information content (AvgIpc) is 2.71. The van der Waals surface area contributed by atoms with Crippen LogP contribution in [0.4, 0.5) is 0 Å². The number of carbonyl (C=O) groups excluding carboxylic acids is 1. The largest absolute Gasteiger partial charge is 0.379 e. The lowest BCUT2D eigenvalue weighted by Crippen LogP contribution is -2.53. The van der Waals surface area contributed by atoms with Gasteiger partial charge in [0.25, 0.3) is 0 Å². The molecule has 0 bridgehead atoms. The first-order valence-corrected chi connectivity index (χ1v) is 7.46. The van der Waals surface area contributed by atoms with Gasteiger partial charge in [-0.3, -0.25) is 4.79 Å². The molecule has 0 aliphatic carbocycles. The third kappa shape index (κ3) is 3.48. The first-order chi connectivity index (χ1) is 8.90. The summed E-state index contributed by atoms with van der Waals surface area (Å²) in [6.45, 7) is 12.1. The second kappa shape index (κ2) is 5.80. The van der Waals surface area contributed by atoms with Gasteiger partial charge in [0.15, 0.2) is 0 Å². The van der Waals surface area contributed by atoms with Gasteiger partial charge in [0.05, 0.1) is 18.6 Å². The predicted molar refractivity (Wildman–Crippen MR) is 75.9 cm³/mol. The van der Waals surface area contributed by atoms with Crippen molar-refractivity contribution in [1.29, 1.82) is 0 Å². The standard InChI is InChI=1S/C15H28N2O2/c1-12(2)7-17-6-5-13(9-17)8-16(4)14(18)15(3)10-19-11-15/h12-13H,5-11H2,1-4H3/t13-/m0/s1. The van der Waals surface area contributed by atoms with Crippen molar-refractivity contribution in [2.75, 3.05) is 46.4 Å². The van der Waals surface area contributed by atoms with E-state index < -0.39 is 0 Å². The van der Waals surface area contributed by atoms with E-state index in [9.17, 15) is 4.79 Å². The Hall–Kier alpha value is -0.610. The summed E-state index contributed by atoms with van der Waals surface area (Å²) in [7, 11) is 1.94. The van der Waals surface area contributed by atoms with Gasteiger partial charge in [-0.1, -0.05) is 13.8 Å². The van der Waals surface area contributed by atoms with E-state index in [0.29, 0.717) is 19.1 Å². The predicted octanol–water partition coefficient (Wildman–Crippen LogP) is 1.46. The molecule has 19 heavy (non-hydrogen) atoms. The monoisotopic (exact) mass is 268 g/mol. The molecular formula is C15H28N2O2. The molecule has 1 atom stereocenters. The number of hydrogen-bond donors (Lipinski definition) is 0. The number of nitrogens with zero attached hydrogens (tertiary/aromatic N) is 2. The molecule has 0 aromatic rings. The van der Waals surface area contributed by atoms with Crippen molar-refractivity contribution >= 4 is 5.91 Å². The van der Waals surface area contributed by atoms with E-state index in [4.69, 9.17) is 4.74 Å². The van der Waals surface area contributed by atoms with Crippen LogP contribution in [-0.2, 0) is 9.53 Å². The summed E-state index contributed by atoms with van der Waals surface area (Å²) in [6.07, 6.45) is 1.22. The Bertz CT molecular complexity index is 326. The summed E-state index contributed by atoms with van der Waals surface area (Å²) in [5.74, 6) is 1.61. The molecule has 2 rings (SSSR count). The quantitative estimate of drug-likeness (QED) is 0.757. The van der Waals surface area contributed by atoms with Gasteiger partial charge in [-0.25, -0.2) is 0 Å². The second-order valence-corrected chi connectivity index (χ2v) is 7.05. The zero-order chi connectivity index (χ0) is 14.0. The highest BCUT2D eigenvalue weighted by Gasteiger charge is 2.43. The third-order valence-corrected chi connectivity index (χ3v) is 4.23. The minimum Gasteiger partial charge on any atom is -0.379 e. The van der Waals surface area contributed by atoms with Crippen LogP contribution in [0.5, 0.6) is 0 Å². The Kier molecular flexibility index (Phi) is 4.51. The lowest BCUT2D eigenvalue weighted by molar-refractivity contribution is -0.167. The normalized spacial score (nSPS) is 26.5. The van der Waals surface area contributed by atoms with Gasteiger partial charge in [-0.15, -0.1) is 0 Å². The molecule has 0 unspecified atom stereocenters. The zero-order valence-electron chi connectivity index (χ0n) is 12.8. The van der Waals surface area contributed by atoms with Crippen molar-refractivity contribution in [2.45, 2.75) is 27.2 Å². The van der Waals surface area contributed by atoms with Gasteiger partial charge in [0, 0.05) is 26.7 Å². The Morgan fingerprint density at radius 1 is 1.47 bits per heavy atom. The van der Waals surface area contributed by atoms with Crippen LogP contribution in [0.25, 0.3) is 0 Å². The molecule has 0 spiro atoms. The van der Waals surface area contributed by atoms with Gasteiger partial charge in [-0.05, 0) is 31.7 Å². The Labute approximate surface area is 117 Å². The van der Waals surface area contributed by atoms with E-state index in [1.807, 2.05) is 18.9 Å². The molecule has 0 radical (unpaired) electrons. The van der Waals surface area contributed by atoms with Gasteiger partial charge < -0.3 is 14.5 Å². The molecule has 2 heterocycles. The molecule has 0 N–H and O–H groups in total. The highest BCUT2D eigenvalue weighted by atomic mass is 16.5. The van der Waals surface area contributed by atoms with Crippen molar-refractivity contribution in [3.8, 4) is 0 Å². The minimum atomic E-state index is -0.259. The molecule has 4 heteroatoms. The SMILES string of the molecule is CC(C)CN1CC[C@@H](CN(C)C(=O)C2(C)COC2)C1. The number of carbonyl (C=O) groups is 1. The molecule has 0 saturated carbocycles. The maximum absolute atomic E-state index is 12.3. The van der Waals surface area contributed by atoms with Crippen LogP contribution in [0.2, 0.25) is 0 Å². The smallest absolute Gasteiger partial charge is 0.232 e. The summed E-state index contributed by atoms with van der Waals surface area (Å²) in [5, 5.41) is 0. The highest BCUT2D eigenvalue weighted by molar-refractivity contribution is 5.83. The second-order valence-electron chi connectivity index (χ2n) is 7.05. The third-order valence-electron chi connectivity index (χ3n) is 4.23. The van der Waals surface area contributed by atoms with Crippen LogP contribution in [0.1, 0.15) is 27.2 Å². The van der Waals surface area contributed by atoms with Gasteiger partial charge in [0.1, 0.15) is 0 Å². The molecule has 2 aliphatic rings. The summed E-state index contributed by atoms with van der Waals surface area (Å²) in [6, 6.07) is 0. The van der Waals surface area contributed by atoms with E-state index in [1.54, 1.807) is 0 Å².